The van der Waals surface area contributed by atoms with Crippen LogP contribution in [0.2, 0.25) is 0 Å². The minimum atomic E-state index is -0.304. The largest absolute Gasteiger partial charge is 0.368 e. The van der Waals surface area contributed by atoms with Crippen LogP contribution in [0.3, 0.4) is 0 Å². The van der Waals surface area contributed by atoms with E-state index >= 15 is 0 Å². The minimum absolute atomic E-state index is 0.0384. The first kappa shape index (κ1) is 17.7. The molecule has 7 nitrogen and oxygen atoms in total. The molecule has 29 heavy (non-hydrogen) atoms. The van der Waals surface area contributed by atoms with Gasteiger partial charge in [-0.2, -0.15) is 5.10 Å². The quantitative estimate of drug-likeness (QED) is 0.746. The number of para-hydroxylation sites is 2. The highest BCUT2D eigenvalue weighted by molar-refractivity contribution is 6.05. The second-order valence-corrected chi connectivity index (χ2v) is 7.65. The molecule has 2 saturated heterocycles. The molecule has 2 fully saturated rings. The summed E-state index contributed by atoms with van der Waals surface area (Å²) in [4.78, 5) is 31.6. The maximum Gasteiger partial charge on any atom is 0.229 e. The Morgan fingerprint density at radius 3 is 2.48 bits per heavy atom. The van der Waals surface area contributed by atoms with Crippen molar-refractivity contribution in [2.24, 2.45) is 5.92 Å². The lowest BCUT2D eigenvalue weighted by atomic mass is 10.1. The number of fused-ring (bicyclic) bond motifs is 1. The van der Waals surface area contributed by atoms with Crippen LogP contribution < -0.4 is 9.80 Å². The van der Waals surface area contributed by atoms with E-state index in [1.54, 1.807) is 4.90 Å². The zero-order valence-corrected chi connectivity index (χ0v) is 16.1. The van der Waals surface area contributed by atoms with Crippen LogP contribution in [0.5, 0.6) is 0 Å². The van der Waals surface area contributed by atoms with Gasteiger partial charge in [-0.3, -0.25) is 19.6 Å². The highest BCUT2D eigenvalue weighted by atomic mass is 16.2. The van der Waals surface area contributed by atoms with Crippen LogP contribution >= 0.6 is 0 Å². The summed E-state index contributed by atoms with van der Waals surface area (Å²) in [6.07, 6.45) is 0.249. The molecule has 3 aromatic rings. The fourth-order valence-electron chi connectivity index (χ4n) is 4.31. The first-order valence-electron chi connectivity index (χ1n) is 10.0. The molecule has 148 valence electrons. The van der Waals surface area contributed by atoms with Gasteiger partial charge in [-0.25, -0.2) is 0 Å². The van der Waals surface area contributed by atoms with Gasteiger partial charge in [0.25, 0.3) is 0 Å². The van der Waals surface area contributed by atoms with E-state index in [4.69, 9.17) is 0 Å². The van der Waals surface area contributed by atoms with Crippen molar-refractivity contribution in [3.8, 4) is 0 Å². The Balaban J connectivity index is 1.25. The lowest BCUT2D eigenvalue weighted by Gasteiger charge is -2.37. The second-order valence-electron chi connectivity index (χ2n) is 7.65. The van der Waals surface area contributed by atoms with Gasteiger partial charge in [0, 0.05) is 50.2 Å². The van der Waals surface area contributed by atoms with Crippen molar-refractivity contribution < 1.29 is 9.59 Å². The standard InChI is InChI=1S/C22H23N5O2/c28-20-14-16(15-27(20)21-18-8-4-5-9-19(18)23-24-21)22(29)26-12-10-25(11-13-26)17-6-2-1-3-7-17/h1-9,16H,10-15H2,(H,23,24)/t16-/m0/s1. The predicted molar refractivity (Wildman–Crippen MR) is 112 cm³/mol. The summed E-state index contributed by atoms with van der Waals surface area (Å²) in [5.74, 6) is 0.355. The fourth-order valence-corrected chi connectivity index (χ4v) is 4.31. The number of amides is 2. The van der Waals surface area contributed by atoms with Gasteiger partial charge in [-0.1, -0.05) is 30.3 Å². The summed E-state index contributed by atoms with van der Waals surface area (Å²) >= 11 is 0. The lowest BCUT2D eigenvalue weighted by molar-refractivity contribution is -0.136. The molecule has 2 aromatic carbocycles. The third-order valence-electron chi connectivity index (χ3n) is 5.89. The summed E-state index contributed by atoms with van der Waals surface area (Å²) in [5.41, 5.74) is 2.08. The Morgan fingerprint density at radius 2 is 1.69 bits per heavy atom. The van der Waals surface area contributed by atoms with Gasteiger partial charge in [-0.05, 0) is 24.3 Å². The number of carbonyl (C=O) groups is 2. The SMILES string of the molecule is O=C([C@H]1CC(=O)N(c2n[nH]c3ccccc23)C1)N1CCN(c2ccccc2)CC1. The van der Waals surface area contributed by atoms with Gasteiger partial charge in [0.15, 0.2) is 5.82 Å². The number of nitrogens with zero attached hydrogens (tertiary/aromatic N) is 4. The molecule has 1 aromatic heterocycles. The number of H-pyrrole nitrogens is 1. The van der Waals surface area contributed by atoms with Crippen molar-refractivity contribution in [3.63, 3.8) is 0 Å². The third kappa shape index (κ3) is 3.22. The maximum absolute atomic E-state index is 13.1. The molecule has 0 spiro atoms. The summed E-state index contributed by atoms with van der Waals surface area (Å²) < 4.78 is 0. The van der Waals surface area contributed by atoms with Crippen molar-refractivity contribution >= 4 is 34.2 Å². The van der Waals surface area contributed by atoms with Crippen molar-refractivity contribution in [2.45, 2.75) is 6.42 Å². The van der Waals surface area contributed by atoms with E-state index in [1.165, 1.54) is 5.69 Å². The summed E-state index contributed by atoms with van der Waals surface area (Å²) in [5, 5.41) is 8.20. The molecular weight excluding hydrogens is 366 g/mol. The highest BCUT2D eigenvalue weighted by Crippen LogP contribution is 2.30. The van der Waals surface area contributed by atoms with Crippen molar-refractivity contribution in [1.29, 1.82) is 0 Å². The molecule has 0 bridgehead atoms. The molecule has 1 N–H and O–H groups in total. The molecule has 2 amide bonds. The predicted octanol–water partition coefficient (Wildman–Crippen LogP) is 2.26. The lowest BCUT2D eigenvalue weighted by Crippen LogP contribution is -2.50. The van der Waals surface area contributed by atoms with Crippen LogP contribution in [0.25, 0.3) is 10.9 Å². The van der Waals surface area contributed by atoms with Crippen LogP contribution in [0.15, 0.2) is 54.6 Å². The highest BCUT2D eigenvalue weighted by Gasteiger charge is 2.39. The third-order valence-corrected chi connectivity index (χ3v) is 5.89. The number of aromatic nitrogens is 2. The van der Waals surface area contributed by atoms with Gasteiger partial charge < -0.3 is 9.80 Å². The molecule has 3 heterocycles. The van der Waals surface area contributed by atoms with Crippen LogP contribution in [-0.2, 0) is 9.59 Å². The van der Waals surface area contributed by atoms with E-state index in [0.29, 0.717) is 25.5 Å². The Kier molecular flexibility index (Phi) is 4.42. The summed E-state index contributed by atoms with van der Waals surface area (Å²) in [6.45, 7) is 3.38. The number of rotatable bonds is 3. The van der Waals surface area contributed by atoms with E-state index < -0.39 is 0 Å². The van der Waals surface area contributed by atoms with Crippen molar-refractivity contribution in [3.05, 3.63) is 54.6 Å². The van der Waals surface area contributed by atoms with Crippen LogP contribution in [0.1, 0.15) is 6.42 Å². The number of piperazine rings is 1. The van der Waals surface area contributed by atoms with E-state index in [0.717, 1.165) is 24.0 Å². The van der Waals surface area contributed by atoms with Crippen LogP contribution in [0, 0.1) is 5.92 Å². The molecular formula is C22H23N5O2. The number of hydrogen-bond donors (Lipinski definition) is 1. The molecule has 7 heteroatoms. The first-order chi connectivity index (χ1) is 14.2. The molecule has 0 aliphatic carbocycles. The summed E-state index contributed by atoms with van der Waals surface area (Å²) in [7, 11) is 0. The van der Waals surface area contributed by atoms with Gasteiger partial charge in [0.05, 0.1) is 11.4 Å². The maximum atomic E-state index is 13.1. The van der Waals surface area contributed by atoms with E-state index in [-0.39, 0.29) is 24.2 Å². The Bertz CT molecular complexity index is 1040. The van der Waals surface area contributed by atoms with Crippen LogP contribution in [0.4, 0.5) is 11.5 Å². The van der Waals surface area contributed by atoms with Crippen LogP contribution in [-0.4, -0.2) is 59.6 Å². The number of anilines is 2. The molecule has 0 unspecified atom stereocenters. The average Bonchev–Trinajstić information content (AvgIpc) is 3.37. The molecule has 5 rings (SSSR count). The summed E-state index contributed by atoms with van der Waals surface area (Å²) in [6, 6.07) is 18.0. The van der Waals surface area contributed by atoms with E-state index in [9.17, 15) is 9.59 Å². The monoisotopic (exact) mass is 389 g/mol. The molecule has 2 aliphatic rings. The normalized spacial score (nSPS) is 19.9. The molecule has 0 saturated carbocycles. The number of aromatic amines is 1. The number of carbonyl (C=O) groups excluding carboxylic acids is 2. The number of benzene rings is 2. The molecule has 0 radical (unpaired) electrons. The zero-order chi connectivity index (χ0) is 19.8. The zero-order valence-electron chi connectivity index (χ0n) is 16.1. The number of nitrogens with one attached hydrogen (secondary N) is 1. The Labute approximate surface area is 168 Å². The van der Waals surface area contributed by atoms with Crippen molar-refractivity contribution in [1.82, 2.24) is 15.1 Å². The minimum Gasteiger partial charge on any atom is -0.368 e. The van der Waals surface area contributed by atoms with Crippen molar-refractivity contribution in [2.75, 3.05) is 42.5 Å². The Morgan fingerprint density at radius 1 is 0.966 bits per heavy atom. The Hall–Kier alpha value is -3.35. The van der Waals surface area contributed by atoms with Gasteiger partial charge in [0.2, 0.25) is 11.8 Å². The second kappa shape index (κ2) is 7.24. The molecule has 1 atom stereocenters. The number of hydrogen-bond acceptors (Lipinski definition) is 4. The first-order valence-corrected chi connectivity index (χ1v) is 10.0. The van der Waals surface area contributed by atoms with E-state index in [2.05, 4.69) is 27.2 Å². The van der Waals surface area contributed by atoms with Gasteiger partial charge in [-0.15, -0.1) is 0 Å². The van der Waals surface area contributed by atoms with Gasteiger partial charge >= 0.3 is 0 Å². The smallest absolute Gasteiger partial charge is 0.229 e. The topological polar surface area (TPSA) is 72.5 Å². The van der Waals surface area contributed by atoms with E-state index in [1.807, 2.05) is 47.4 Å². The fraction of sp³-hybridized carbons (Fsp3) is 0.318. The average molecular weight is 389 g/mol. The van der Waals surface area contributed by atoms with Gasteiger partial charge in [0.1, 0.15) is 0 Å². The molecule has 2 aliphatic heterocycles.